The summed E-state index contributed by atoms with van der Waals surface area (Å²) in [5.74, 6) is 0. The molecule has 1 unspecified atom stereocenters. The maximum absolute atomic E-state index is 6.17. The van der Waals surface area contributed by atoms with Crippen LogP contribution in [-0.2, 0) is 0 Å². The molecule has 3 nitrogen and oxygen atoms in total. The Balaban J connectivity index is 2.26. The van der Waals surface area contributed by atoms with Crippen LogP contribution in [0.3, 0.4) is 0 Å². The van der Waals surface area contributed by atoms with Crippen molar-refractivity contribution in [3.63, 3.8) is 0 Å². The summed E-state index contributed by atoms with van der Waals surface area (Å²) in [4.78, 5) is 0. The highest BCUT2D eigenvalue weighted by molar-refractivity contribution is 9.10. The molecule has 78 valence electrons. The number of aromatic nitrogens is 2. The summed E-state index contributed by atoms with van der Waals surface area (Å²) in [5.41, 5.74) is 0.959. The van der Waals surface area contributed by atoms with Crippen LogP contribution in [0.25, 0.3) is 0 Å². The summed E-state index contributed by atoms with van der Waals surface area (Å²) < 4.78 is 2.84. The molecule has 0 aromatic carbocycles. The van der Waals surface area contributed by atoms with Crippen molar-refractivity contribution in [1.29, 1.82) is 0 Å². The van der Waals surface area contributed by atoms with Crippen molar-refractivity contribution in [2.45, 2.75) is 25.8 Å². The van der Waals surface area contributed by atoms with Crippen LogP contribution in [0, 0.1) is 6.92 Å². The van der Waals surface area contributed by atoms with Crippen molar-refractivity contribution in [3.05, 3.63) is 15.3 Å². The van der Waals surface area contributed by atoms with E-state index in [1.807, 2.05) is 11.6 Å². The summed E-state index contributed by atoms with van der Waals surface area (Å²) in [6.45, 7) is 4.03. The minimum absolute atomic E-state index is 0.404. The Labute approximate surface area is 96.9 Å². The van der Waals surface area contributed by atoms with E-state index >= 15 is 0 Å². The molecule has 2 heterocycles. The molecule has 5 heteroatoms. The number of nitrogens with one attached hydrogen (secondary N) is 1. The van der Waals surface area contributed by atoms with Crippen LogP contribution in [0.2, 0.25) is 5.15 Å². The van der Waals surface area contributed by atoms with E-state index in [0.717, 1.165) is 34.8 Å². The van der Waals surface area contributed by atoms with Crippen LogP contribution in [-0.4, -0.2) is 22.9 Å². The average Bonchev–Trinajstić information content (AvgIpc) is 2.47. The molecule has 0 spiro atoms. The largest absolute Gasteiger partial charge is 0.315 e. The molecule has 1 aliphatic rings. The van der Waals surface area contributed by atoms with Crippen molar-refractivity contribution in [3.8, 4) is 0 Å². The van der Waals surface area contributed by atoms with Crippen LogP contribution in [0.1, 0.15) is 24.6 Å². The predicted molar refractivity (Wildman–Crippen MR) is 60.8 cm³/mol. The molecule has 2 rings (SSSR count). The fraction of sp³-hybridized carbons (Fsp3) is 0.667. The first-order valence-electron chi connectivity index (χ1n) is 4.81. The summed E-state index contributed by atoms with van der Waals surface area (Å²) in [6.07, 6.45) is 2.35. The number of piperidine rings is 1. The van der Waals surface area contributed by atoms with E-state index in [4.69, 9.17) is 11.6 Å². The van der Waals surface area contributed by atoms with Crippen LogP contribution >= 0.6 is 27.5 Å². The number of hydrogen-bond acceptors (Lipinski definition) is 2. The monoisotopic (exact) mass is 277 g/mol. The number of aryl methyl sites for hydroxylation is 1. The van der Waals surface area contributed by atoms with Crippen molar-refractivity contribution in [2.75, 3.05) is 13.1 Å². The lowest BCUT2D eigenvalue weighted by molar-refractivity contribution is 0.346. The van der Waals surface area contributed by atoms with Gasteiger partial charge in [0, 0.05) is 6.54 Å². The van der Waals surface area contributed by atoms with E-state index in [2.05, 4.69) is 26.3 Å². The van der Waals surface area contributed by atoms with Gasteiger partial charge in [-0.25, -0.2) is 4.68 Å². The second kappa shape index (κ2) is 4.21. The molecule has 14 heavy (non-hydrogen) atoms. The summed E-state index contributed by atoms with van der Waals surface area (Å²) in [6, 6.07) is 0.404. The SMILES string of the molecule is Cc1nn(C2CCCNC2)c(Cl)c1Br. The molecule has 1 N–H and O–H groups in total. The first-order chi connectivity index (χ1) is 6.70. The zero-order valence-electron chi connectivity index (χ0n) is 8.06. The van der Waals surface area contributed by atoms with E-state index in [9.17, 15) is 0 Å². The smallest absolute Gasteiger partial charge is 0.141 e. The maximum Gasteiger partial charge on any atom is 0.141 e. The van der Waals surface area contributed by atoms with Crippen LogP contribution in [0.15, 0.2) is 4.47 Å². The topological polar surface area (TPSA) is 29.9 Å². The minimum atomic E-state index is 0.404. The van der Waals surface area contributed by atoms with Gasteiger partial charge in [-0.1, -0.05) is 11.6 Å². The van der Waals surface area contributed by atoms with Crippen molar-refractivity contribution < 1.29 is 0 Å². The standard InChI is InChI=1S/C9H13BrClN3/c1-6-8(10)9(11)14(13-6)7-3-2-4-12-5-7/h7,12H,2-5H2,1H3. The zero-order chi connectivity index (χ0) is 10.1. The summed E-state index contributed by atoms with van der Waals surface area (Å²) >= 11 is 9.60. The van der Waals surface area contributed by atoms with Gasteiger partial charge in [-0.2, -0.15) is 5.10 Å². The quantitative estimate of drug-likeness (QED) is 0.855. The molecule has 0 bridgehead atoms. The molecule has 1 atom stereocenters. The minimum Gasteiger partial charge on any atom is -0.315 e. The molecule has 1 aliphatic heterocycles. The highest BCUT2D eigenvalue weighted by Gasteiger charge is 2.20. The first-order valence-corrected chi connectivity index (χ1v) is 5.98. The average molecular weight is 279 g/mol. The first kappa shape index (κ1) is 10.5. The van der Waals surface area contributed by atoms with E-state index < -0.39 is 0 Å². The maximum atomic E-state index is 6.17. The van der Waals surface area contributed by atoms with Gasteiger partial charge >= 0.3 is 0 Å². The molecule has 0 radical (unpaired) electrons. The van der Waals surface area contributed by atoms with E-state index in [1.54, 1.807) is 0 Å². The number of nitrogens with zero attached hydrogens (tertiary/aromatic N) is 2. The molecular formula is C9H13BrClN3. The molecule has 0 amide bonds. The molecule has 0 saturated carbocycles. The van der Waals surface area contributed by atoms with Crippen LogP contribution < -0.4 is 5.32 Å². The number of hydrogen-bond donors (Lipinski definition) is 1. The van der Waals surface area contributed by atoms with Gasteiger partial charge in [0.2, 0.25) is 0 Å². The van der Waals surface area contributed by atoms with Crippen LogP contribution in [0.5, 0.6) is 0 Å². The Bertz CT molecular complexity index is 331. The molecule has 0 aliphatic carbocycles. The van der Waals surface area contributed by atoms with Gasteiger partial charge in [-0.15, -0.1) is 0 Å². The Hall–Kier alpha value is -0.0600. The lowest BCUT2D eigenvalue weighted by Crippen LogP contribution is -2.32. The van der Waals surface area contributed by atoms with Gasteiger partial charge < -0.3 is 5.32 Å². The van der Waals surface area contributed by atoms with E-state index in [1.165, 1.54) is 6.42 Å². The van der Waals surface area contributed by atoms with Gasteiger partial charge in [-0.3, -0.25) is 0 Å². The van der Waals surface area contributed by atoms with E-state index in [0.29, 0.717) is 6.04 Å². The van der Waals surface area contributed by atoms with Gasteiger partial charge in [0.25, 0.3) is 0 Å². The van der Waals surface area contributed by atoms with Gasteiger partial charge in [0.15, 0.2) is 0 Å². The zero-order valence-corrected chi connectivity index (χ0v) is 10.4. The Morgan fingerprint density at radius 2 is 2.43 bits per heavy atom. The van der Waals surface area contributed by atoms with Gasteiger partial charge in [0.1, 0.15) is 5.15 Å². The fourth-order valence-electron chi connectivity index (χ4n) is 1.78. The number of halogens is 2. The second-order valence-electron chi connectivity index (χ2n) is 3.63. The Morgan fingerprint density at radius 3 is 2.93 bits per heavy atom. The second-order valence-corrected chi connectivity index (χ2v) is 4.79. The molecule has 1 saturated heterocycles. The van der Waals surface area contributed by atoms with Crippen molar-refractivity contribution in [2.24, 2.45) is 0 Å². The normalized spacial score (nSPS) is 22.6. The third kappa shape index (κ3) is 1.83. The predicted octanol–water partition coefficient (Wildman–Crippen LogP) is 2.53. The summed E-state index contributed by atoms with van der Waals surface area (Å²) in [5, 5.41) is 8.50. The highest BCUT2D eigenvalue weighted by Crippen LogP contribution is 2.30. The molecular weight excluding hydrogens is 265 g/mol. The van der Waals surface area contributed by atoms with Crippen molar-refractivity contribution >= 4 is 27.5 Å². The molecule has 1 aromatic rings. The summed E-state index contributed by atoms with van der Waals surface area (Å²) in [7, 11) is 0. The highest BCUT2D eigenvalue weighted by atomic mass is 79.9. The van der Waals surface area contributed by atoms with E-state index in [-0.39, 0.29) is 0 Å². The molecule has 1 aromatic heterocycles. The third-order valence-corrected chi connectivity index (χ3v) is 4.11. The fourth-order valence-corrected chi connectivity index (χ4v) is 2.36. The Morgan fingerprint density at radius 1 is 1.64 bits per heavy atom. The van der Waals surface area contributed by atoms with Gasteiger partial charge in [0.05, 0.1) is 16.2 Å². The number of rotatable bonds is 1. The Kier molecular flexibility index (Phi) is 3.14. The lowest BCUT2D eigenvalue weighted by Gasteiger charge is -2.23. The van der Waals surface area contributed by atoms with Gasteiger partial charge in [-0.05, 0) is 42.2 Å². The molecule has 1 fully saturated rings. The van der Waals surface area contributed by atoms with Crippen LogP contribution in [0.4, 0.5) is 0 Å². The van der Waals surface area contributed by atoms with Crippen molar-refractivity contribution in [1.82, 2.24) is 15.1 Å². The lowest BCUT2D eigenvalue weighted by atomic mass is 10.1. The third-order valence-electron chi connectivity index (χ3n) is 2.57.